The van der Waals surface area contributed by atoms with Crippen LogP contribution in [0.3, 0.4) is 0 Å². The van der Waals surface area contributed by atoms with Crippen molar-refractivity contribution in [2.75, 3.05) is 19.6 Å². The quantitative estimate of drug-likeness (QED) is 0.642. The Morgan fingerprint density at radius 1 is 1.62 bits per heavy atom. The second kappa shape index (κ2) is 6.21. The largest absolute Gasteiger partial charge is 0.333 e. The lowest BCUT2D eigenvalue weighted by molar-refractivity contribution is -0.385. The Kier molecular flexibility index (Phi) is 4.56. The lowest BCUT2D eigenvalue weighted by Gasteiger charge is -2.27. The third-order valence-electron chi connectivity index (χ3n) is 3.78. The first kappa shape index (κ1) is 15.4. The van der Waals surface area contributed by atoms with Crippen LogP contribution in [0.1, 0.15) is 35.9 Å². The molecule has 21 heavy (non-hydrogen) atoms. The lowest BCUT2D eigenvalue weighted by atomic mass is 10.1. The Hall–Kier alpha value is -1.96. The van der Waals surface area contributed by atoms with Crippen molar-refractivity contribution in [1.82, 2.24) is 20.0 Å². The second-order valence-corrected chi connectivity index (χ2v) is 5.31. The maximum Gasteiger partial charge on any atom is 0.322 e. The monoisotopic (exact) mass is 295 g/mol. The van der Waals surface area contributed by atoms with Crippen LogP contribution in [0.4, 0.5) is 5.69 Å². The van der Waals surface area contributed by atoms with E-state index in [0.29, 0.717) is 6.54 Å². The summed E-state index contributed by atoms with van der Waals surface area (Å²) in [4.78, 5) is 25.3. The van der Waals surface area contributed by atoms with E-state index in [-0.39, 0.29) is 29.0 Å². The molecule has 1 saturated heterocycles. The molecule has 116 valence electrons. The predicted octanol–water partition coefficient (Wildman–Crippen LogP) is 0.851. The number of carbonyl (C=O) groups is 1. The van der Waals surface area contributed by atoms with Gasteiger partial charge in [0.1, 0.15) is 5.69 Å². The van der Waals surface area contributed by atoms with Gasteiger partial charge in [-0.1, -0.05) is 6.92 Å². The molecular weight excluding hydrogens is 274 g/mol. The van der Waals surface area contributed by atoms with Crippen LogP contribution in [0.15, 0.2) is 0 Å². The standard InChI is InChI=1S/C13H21N5O3/c1-4-7-17(10-5-6-14-8-10)13(19)12-11(18(20)21)9(2)15-16(12)3/h10,14H,4-8H2,1-3H3. The first-order chi connectivity index (χ1) is 9.97. The average molecular weight is 295 g/mol. The molecule has 0 radical (unpaired) electrons. The Morgan fingerprint density at radius 2 is 2.33 bits per heavy atom. The van der Waals surface area contributed by atoms with Crippen molar-refractivity contribution in [3.63, 3.8) is 0 Å². The summed E-state index contributed by atoms with van der Waals surface area (Å²) in [5, 5.41) is 18.5. The minimum Gasteiger partial charge on any atom is -0.333 e. The van der Waals surface area contributed by atoms with Gasteiger partial charge in [0.15, 0.2) is 0 Å². The van der Waals surface area contributed by atoms with Gasteiger partial charge >= 0.3 is 5.69 Å². The smallest absolute Gasteiger partial charge is 0.322 e. The molecule has 0 aliphatic carbocycles. The van der Waals surface area contributed by atoms with Gasteiger partial charge < -0.3 is 10.2 Å². The molecule has 1 aliphatic rings. The highest BCUT2D eigenvalue weighted by Gasteiger charge is 2.35. The number of aromatic nitrogens is 2. The van der Waals surface area contributed by atoms with Crippen molar-refractivity contribution in [3.8, 4) is 0 Å². The molecule has 0 saturated carbocycles. The van der Waals surface area contributed by atoms with Crippen molar-refractivity contribution in [1.29, 1.82) is 0 Å². The zero-order valence-electron chi connectivity index (χ0n) is 12.6. The summed E-state index contributed by atoms with van der Waals surface area (Å²) < 4.78 is 1.32. The molecule has 1 aliphatic heterocycles. The number of hydrogen-bond acceptors (Lipinski definition) is 5. The first-order valence-corrected chi connectivity index (χ1v) is 7.17. The van der Waals surface area contributed by atoms with Crippen molar-refractivity contribution < 1.29 is 9.72 Å². The zero-order valence-corrected chi connectivity index (χ0v) is 12.6. The van der Waals surface area contributed by atoms with Gasteiger partial charge in [0.25, 0.3) is 5.91 Å². The summed E-state index contributed by atoms with van der Waals surface area (Å²) in [7, 11) is 1.57. The third kappa shape index (κ3) is 2.90. The molecule has 2 heterocycles. The topological polar surface area (TPSA) is 93.3 Å². The minimum atomic E-state index is -0.521. The molecular formula is C13H21N5O3. The Bertz CT molecular complexity index is 548. The fraction of sp³-hybridized carbons (Fsp3) is 0.692. The highest BCUT2D eigenvalue weighted by Crippen LogP contribution is 2.25. The van der Waals surface area contributed by atoms with E-state index in [4.69, 9.17) is 0 Å². The number of aryl methyl sites for hydroxylation is 2. The van der Waals surface area contributed by atoms with E-state index in [2.05, 4.69) is 10.4 Å². The summed E-state index contributed by atoms with van der Waals surface area (Å²) in [5.74, 6) is -0.305. The Balaban J connectivity index is 2.38. The van der Waals surface area contributed by atoms with E-state index in [1.54, 1.807) is 18.9 Å². The summed E-state index contributed by atoms with van der Waals surface area (Å²) >= 11 is 0. The fourth-order valence-electron chi connectivity index (χ4n) is 2.84. The molecule has 8 heteroatoms. The van der Waals surface area contributed by atoms with E-state index in [1.165, 1.54) is 4.68 Å². The van der Waals surface area contributed by atoms with Gasteiger partial charge in [-0.25, -0.2) is 0 Å². The van der Waals surface area contributed by atoms with Gasteiger partial charge in [-0.15, -0.1) is 0 Å². The van der Waals surface area contributed by atoms with Crippen molar-refractivity contribution >= 4 is 11.6 Å². The number of rotatable bonds is 5. The Labute approximate surface area is 123 Å². The van der Waals surface area contributed by atoms with Crippen LogP contribution in [0, 0.1) is 17.0 Å². The summed E-state index contributed by atoms with van der Waals surface area (Å²) in [6.45, 7) is 5.73. The van der Waals surface area contributed by atoms with Crippen LogP contribution in [0.2, 0.25) is 0 Å². The highest BCUT2D eigenvalue weighted by molar-refractivity contribution is 5.97. The predicted molar refractivity (Wildman–Crippen MR) is 77.2 cm³/mol. The molecule has 0 aromatic carbocycles. The van der Waals surface area contributed by atoms with E-state index < -0.39 is 4.92 Å². The normalized spacial score (nSPS) is 18.0. The molecule has 0 spiro atoms. The summed E-state index contributed by atoms with van der Waals surface area (Å²) in [6.07, 6.45) is 1.68. The van der Waals surface area contributed by atoms with Gasteiger partial charge in [0.2, 0.25) is 5.69 Å². The maximum atomic E-state index is 12.8. The van der Waals surface area contributed by atoms with Crippen LogP contribution >= 0.6 is 0 Å². The third-order valence-corrected chi connectivity index (χ3v) is 3.78. The van der Waals surface area contributed by atoms with E-state index >= 15 is 0 Å². The lowest BCUT2D eigenvalue weighted by Crippen LogP contribution is -2.43. The SMILES string of the molecule is CCCN(C(=O)c1c([N+](=O)[O-])c(C)nn1C)C1CCNC1. The number of nitrogens with zero attached hydrogens (tertiary/aromatic N) is 4. The van der Waals surface area contributed by atoms with Gasteiger partial charge in [0, 0.05) is 26.2 Å². The van der Waals surface area contributed by atoms with Gasteiger partial charge in [-0.2, -0.15) is 5.10 Å². The van der Waals surface area contributed by atoms with Crippen LogP contribution in [0.25, 0.3) is 0 Å². The molecule has 1 unspecified atom stereocenters. The van der Waals surface area contributed by atoms with E-state index in [0.717, 1.165) is 25.9 Å². The van der Waals surface area contributed by atoms with Crippen LogP contribution < -0.4 is 5.32 Å². The van der Waals surface area contributed by atoms with Crippen LogP contribution in [-0.2, 0) is 7.05 Å². The van der Waals surface area contributed by atoms with E-state index in [1.807, 2.05) is 6.92 Å². The first-order valence-electron chi connectivity index (χ1n) is 7.17. The molecule has 0 bridgehead atoms. The number of carbonyl (C=O) groups excluding carboxylic acids is 1. The average Bonchev–Trinajstić information content (AvgIpc) is 3.02. The number of nitrogens with one attached hydrogen (secondary N) is 1. The van der Waals surface area contributed by atoms with Crippen LogP contribution in [-0.4, -0.2) is 51.2 Å². The molecule has 1 aromatic heterocycles. The van der Waals surface area contributed by atoms with Crippen molar-refractivity contribution in [3.05, 3.63) is 21.5 Å². The number of hydrogen-bond donors (Lipinski definition) is 1. The molecule has 1 fully saturated rings. The Morgan fingerprint density at radius 3 is 2.86 bits per heavy atom. The van der Waals surface area contributed by atoms with E-state index in [9.17, 15) is 14.9 Å². The van der Waals surface area contributed by atoms with Gasteiger partial charge in [-0.05, 0) is 26.3 Å². The van der Waals surface area contributed by atoms with Gasteiger partial charge in [0.05, 0.1) is 4.92 Å². The van der Waals surface area contributed by atoms with Gasteiger partial charge in [-0.3, -0.25) is 19.6 Å². The zero-order chi connectivity index (χ0) is 15.6. The second-order valence-electron chi connectivity index (χ2n) is 5.31. The minimum absolute atomic E-state index is 0.0675. The number of nitro groups is 1. The molecule has 8 nitrogen and oxygen atoms in total. The fourth-order valence-corrected chi connectivity index (χ4v) is 2.84. The van der Waals surface area contributed by atoms with Crippen LogP contribution in [0.5, 0.6) is 0 Å². The highest BCUT2D eigenvalue weighted by atomic mass is 16.6. The molecule has 1 amide bonds. The maximum absolute atomic E-state index is 12.8. The van der Waals surface area contributed by atoms with Crippen molar-refractivity contribution in [2.24, 2.45) is 7.05 Å². The molecule has 1 atom stereocenters. The number of amides is 1. The molecule has 2 rings (SSSR count). The summed E-state index contributed by atoms with van der Waals surface area (Å²) in [5.41, 5.74) is 0.152. The summed E-state index contributed by atoms with van der Waals surface area (Å²) in [6, 6.07) is 0.0901. The molecule has 1 aromatic rings. The molecule has 1 N–H and O–H groups in total. The van der Waals surface area contributed by atoms with Crippen molar-refractivity contribution in [2.45, 2.75) is 32.7 Å².